The lowest BCUT2D eigenvalue weighted by Crippen LogP contribution is -2.26. The molecule has 0 saturated heterocycles. The van der Waals surface area contributed by atoms with Crippen molar-refractivity contribution in [1.29, 1.82) is 5.26 Å². The minimum Gasteiger partial charge on any atom is -0.431 e. The van der Waals surface area contributed by atoms with E-state index in [0.717, 1.165) is 0 Å². The number of nitrogens with zero attached hydrogens (tertiary/aromatic N) is 2. The van der Waals surface area contributed by atoms with Gasteiger partial charge >= 0.3 is 5.97 Å². The quantitative estimate of drug-likeness (QED) is 0.461. The summed E-state index contributed by atoms with van der Waals surface area (Å²) in [7, 11) is 0. The maximum atomic E-state index is 11.6. The van der Waals surface area contributed by atoms with Crippen molar-refractivity contribution in [1.82, 2.24) is 0 Å². The molecular weight excluding hydrogens is 248 g/mol. The third kappa shape index (κ3) is 2.45. The SMILES string of the molecule is CC1=CC(c2cccc([N+](=O)[O-])c2)C(C#N)C(=O)O1. The van der Waals surface area contributed by atoms with E-state index in [1.54, 1.807) is 19.1 Å². The molecule has 0 saturated carbocycles. The van der Waals surface area contributed by atoms with E-state index in [1.165, 1.54) is 18.2 Å². The first-order chi connectivity index (χ1) is 9.02. The molecule has 2 unspecified atom stereocenters. The van der Waals surface area contributed by atoms with E-state index >= 15 is 0 Å². The summed E-state index contributed by atoms with van der Waals surface area (Å²) < 4.78 is 4.88. The van der Waals surface area contributed by atoms with Crippen molar-refractivity contribution in [2.75, 3.05) is 0 Å². The van der Waals surface area contributed by atoms with Gasteiger partial charge in [0.1, 0.15) is 5.76 Å². The number of non-ortho nitro benzene ring substituents is 1. The van der Waals surface area contributed by atoms with Gasteiger partial charge in [-0.05, 0) is 18.6 Å². The molecular formula is C13H10N2O4. The van der Waals surface area contributed by atoms with Gasteiger partial charge in [-0.25, -0.2) is 0 Å². The fourth-order valence-corrected chi connectivity index (χ4v) is 2.02. The zero-order chi connectivity index (χ0) is 14.0. The molecule has 0 amide bonds. The average Bonchev–Trinajstić information content (AvgIpc) is 2.38. The highest BCUT2D eigenvalue weighted by molar-refractivity contribution is 5.79. The minimum atomic E-state index is -0.981. The van der Waals surface area contributed by atoms with Crippen molar-refractivity contribution >= 4 is 11.7 Å². The Morgan fingerprint density at radius 3 is 2.84 bits per heavy atom. The Bertz CT molecular complexity index is 615. The number of hydrogen-bond acceptors (Lipinski definition) is 5. The van der Waals surface area contributed by atoms with Gasteiger partial charge in [-0.15, -0.1) is 0 Å². The fourth-order valence-electron chi connectivity index (χ4n) is 2.02. The predicted octanol–water partition coefficient (Wildman–Crippen LogP) is 2.28. The van der Waals surface area contributed by atoms with E-state index in [4.69, 9.17) is 10.00 Å². The Kier molecular flexibility index (Phi) is 3.29. The molecule has 6 nitrogen and oxygen atoms in total. The maximum Gasteiger partial charge on any atom is 0.329 e. The highest BCUT2D eigenvalue weighted by Gasteiger charge is 2.34. The van der Waals surface area contributed by atoms with Gasteiger partial charge in [-0.1, -0.05) is 12.1 Å². The number of allylic oxidation sites excluding steroid dienone is 2. The van der Waals surface area contributed by atoms with Crippen LogP contribution in [-0.2, 0) is 9.53 Å². The van der Waals surface area contributed by atoms with Crippen LogP contribution in [0.5, 0.6) is 0 Å². The average molecular weight is 258 g/mol. The molecule has 1 aliphatic heterocycles. The van der Waals surface area contributed by atoms with Gasteiger partial charge < -0.3 is 4.74 Å². The second-order valence-corrected chi connectivity index (χ2v) is 4.18. The lowest BCUT2D eigenvalue weighted by Gasteiger charge is -2.23. The third-order valence-corrected chi connectivity index (χ3v) is 2.89. The maximum absolute atomic E-state index is 11.6. The molecule has 2 rings (SSSR count). The molecule has 6 heteroatoms. The number of hydrogen-bond donors (Lipinski definition) is 0. The van der Waals surface area contributed by atoms with Crippen molar-refractivity contribution in [3.05, 3.63) is 51.8 Å². The Hall–Kier alpha value is -2.68. The number of rotatable bonds is 2. The highest BCUT2D eigenvalue weighted by Crippen LogP contribution is 2.33. The normalized spacial score (nSPS) is 22.1. The van der Waals surface area contributed by atoms with Crippen LogP contribution in [0.15, 0.2) is 36.1 Å². The molecule has 0 aromatic heterocycles. The standard InChI is InChI=1S/C13H10N2O4/c1-8-5-11(12(7-14)13(16)19-8)9-3-2-4-10(6-9)15(17)18/h2-6,11-12H,1H3. The van der Waals surface area contributed by atoms with E-state index < -0.39 is 22.7 Å². The molecule has 1 heterocycles. The summed E-state index contributed by atoms with van der Waals surface area (Å²) in [6.45, 7) is 1.61. The first-order valence-electron chi connectivity index (χ1n) is 5.57. The molecule has 0 N–H and O–H groups in total. The smallest absolute Gasteiger partial charge is 0.329 e. The van der Waals surface area contributed by atoms with Crippen LogP contribution in [-0.4, -0.2) is 10.9 Å². The first kappa shape index (κ1) is 12.8. The molecule has 0 fully saturated rings. The van der Waals surface area contributed by atoms with Crippen molar-refractivity contribution in [3.63, 3.8) is 0 Å². The third-order valence-electron chi connectivity index (χ3n) is 2.89. The number of carbonyl (C=O) groups excluding carboxylic acids is 1. The Morgan fingerprint density at radius 2 is 2.21 bits per heavy atom. The molecule has 1 aromatic carbocycles. The molecule has 0 spiro atoms. The number of esters is 1. The van der Waals surface area contributed by atoms with Crippen LogP contribution in [0.2, 0.25) is 0 Å². The Balaban J connectivity index is 2.47. The van der Waals surface area contributed by atoms with Gasteiger partial charge in [0.15, 0.2) is 5.92 Å². The fraction of sp³-hybridized carbons (Fsp3) is 0.231. The molecule has 0 aliphatic carbocycles. The summed E-state index contributed by atoms with van der Waals surface area (Å²) >= 11 is 0. The van der Waals surface area contributed by atoms with Crippen molar-refractivity contribution in [2.45, 2.75) is 12.8 Å². The second-order valence-electron chi connectivity index (χ2n) is 4.18. The number of ether oxygens (including phenoxy) is 1. The number of cyclic esters (lactones) is 1. The second kappa shape index (κ2) is 4.90. The van der Waals surface area contributed by atoms with Crippen LogP contribution in [0, 0.1) is 27.4 Å². The summed E-state index contributed by atoms with van der Waals surface area (Å²) in [4.78, 5) is 21.9. The molecule has 0 radical (unpaired) electrons. The summed E-state index contributed by atoms with van der Waals surface area (Å²) in [5.41, 5.74) is 0.482. The number of nitro benzene ring substituents is 1. The molecule has 1 aliphatic rings. The van der Waals surface area contributed by atoms with Gasteiger partial charge in [0.05, 0.1) is 11.0 Å². The van der Waals surface area contributed by atoms with Crippen LogP contribution in [0.3, 0.4) is 0 Å². The zero-order valence-corrected chi connectivity index (χ0v) is 10.1. The summed E-state index contributed by atoms with van der Waals surface area (Å²) in [5, 5.41) is 19.8. The summed E-state index contributed by atoms with van der Waals surface area (Å²) in [5.74, 6) is -1.73. The molecule has 19 heavy (non-hydrogen) atoms. The van der Waals surface area contributed by atoms with Gasteiger partial charge in [0.2, 0.25) is 0 Å². The molecule has 1 aromatic rings. The molecule has 96 valence electrons. The monoisotopic (exact) mass is 258 g/mol. The van der Waals surface area contributed by atoms with Crippen molar-refractivity contribution < 1.29 is 14.5 Å². The van der Waals surface area contributed by atoms with E-state index in [1.807, 2.05) is 6.07 Å². The van der Waals surface area contributed by atoms with Crippen LogP contribution >= 0.6 is 0 Å². The van der Waals surface area contributed by atoms with Crippen LogP contribution in [0.4, 0.5) is 5.69 Å². The van der Waals surface area contributed by atoms with E-state index in [9.17, 15) is 14.9 Å². The van der Waals surface area contributed by atoms with E-state index in [-0.39, 0.29) is 5.69 Å². The topological polar surface area (TPSA) is 93.2 Å². The number of nitro groups is 1. The summed E-state index contributed by atoms with van der Waals surface area (Å²) in [6.07, 6.45) is 1.63. The van der Waals surface area contributed by atoms with Gasteiger partial charge in [0, 0.05) is 18.1 Å². The molecule has 0 bridgehead atoms. The van der Waals surface area contributed by atoms with E-state index in [0.29, 0.717) is 11.3 Å². The number of benzene rings is 1. The minimum absolute atomic E-state index is 0.0702. The van der Waals surface area contributed by atoms with E-state index in [2.05, 4.69) is 0 Å². The highest BCUT2D eigenvalue weighted by atomic mass is 16.6. The van der Waals surface area contributed by atoms with Crippen LogP contribution in [0.1, 0.15) is 18.4 Å². The van der Waals surface area contributed by atoms with Gasteiger partial charge in [0.25, 0.3) is 5.69 Å². The number of carbonyl (C=O) groups is 1. The number of nitriles is 1. The van der Waals surface area contributed by atoms with Crippen LogP contribution < -0.4 is 0 Å². The van der Waals surface area contributed by atoms with Crippen LogP contribution in [0.25, 0.3) is 0 Å². The predicted molar refractivity (Wildman–Crippen MR) is 64.8 cm³/mol. The zero-order valence-electron chi connectivity index (χ0n) is 10.1. The summed E-state index contributed by atoms with van der Waals surface area (Å²) in [6, 6.07) is 7.81. The Morgan fingerprint density at radius 1 is 1.47 bits per heavy atom. The van der Waals surface area contributed by atoms with Crippen molar-refractivity contribution in [3.8, 4) is 6.07 Å². The molecule has 2 atom stereocenters. The Labute approximate surface area is 109 Å². The van der Waals surface area contributed by atoms with Crippen molar-refractivity contribution in [2.24, 2.45) is 5.92 Å². The first-order valence-corrected chi connectivity index (χ1v) is 5.57. The lowest BCUT2D eigenvalue weighted by molar-refractivity contribution is -0.384. The van der Waals surface area contributed by atoms with Gasteiger partial charge in [-0.2, -0.15) is 5.26 Å². The lowest BCUT2D eigenvalue weighted by atomic mass is 9.85. The largest absolute Gasteiger partial charge is 0.431 e. The van der Waals surface area contributed by atoms with Gasteiger partial charge in [-0.3, -0.25) is 14.9 Å².